The van der Waals surface area contributed by atoms with E-state index in [2.05, 4.69) is 10.3 Å². The van der Waals surface area contributed by atoms with E-state index < -0.39 is 17.3 Å². The Kier molecular flexibility index (Phi) is 3.83. The fourth-order valence-electron chi connectivity index (χ4n) is 1.10. The van der Waals surface area contributed by atoms with E-state index in [-0.39, 0.29) is 6.54 Å². The van der Waals surface area contributed by atoms with Crippen LogP contribution in [-0.4, -0.2) is 22.0 Å². The molecule has 0 aliphatic rings. The van der Waals surface area contributed by atoms with Gasteiger partial charge in [0, 0.05) is 18.4 Å². The van der Waals surface area contributed by atoms with Crippen molar-refractivity contribution in [2.24, 2.45) is 5.41 Å². The molecule has 0 bridgehead atoms. The number of pyridine rings is 1. The lowest BCUT2D eigenvalue weighted by Gasteiger charge is -2.18. The number of aryl methyl sites for hydroxylation is 1. The van der Waals surface area contributed by atoms with Gasteiger partial charge in [-0.25, -0.2) is 0 Å². The number of aliphatic carboxylic acids is 1. The minimum absolute atomic E-state index is 0.281. The second-order valence-electron chi connectivity index (χ2n) is 4.42. The van der Waals surface area contributed by atoms with Crippen molar-refractivity contribution in [2.45, 2.75) is 27.3 Å². The van der Waals surface area contributed by atoms with E-state index in [9.17, 15) is 9.59 Å². The zero-order chi connectivity index (χ0) is 13.1. The van der Waals surface area contributed by atoms with Gasteiger partial charge >= 0.3 is 5.97 Å². The number of hydrogen-bond acceptors (Lipinski definition) is 3. The van der Waals surface area contributed by atoms with E-state index >= 15 is 0 Å². The summed E-state index contributed by atoms with van der Waals surface area (Å²) in [6.07, 6.45) is 1.66. The van der Waals surface area contributed by atoms with Crippen molar-refractivity contribution in [3.63, 3.8) is 0 Å². The van der Waals surface area contributed by atoms with Crippen molar-refractivity contribution in [3.05, 3.63) is 29.6 Å². The molecule has 0 fully saturated rings. The molecule has 92 valence electrons. The highest BCUT2D eigenvalue weighted by Crippen LogP contribution is 2.15. The summed E-state index contributed by atoms with van der Waals surface area (Å²) in [4.78, 5) is 26.6. The van der Waals surface area contributed by atoms with Gasteiger partial charge in [0.05, 0.1) is 0 Å². The molecule has 0 saturated carbocycles. The van der Waals surface area contributed by atoms with E-state index in [1.807, 2.05) is 19.1 Å². The Morgan fingerprint density at radius 1 is 1.41 bits per heavy atom. The first-order chi connectivity index (χ1) is 7.84. The van der Waals surface area contributed by atoms with Crippen molar-refractivity contribution >= 4 is 11.9 Å². The molecular formula is C12H16N2O3. The van der Waals surface area contributed by atoms with Gasteiger partial charge in [0.15, 0.2) is 0 Å². The third-order valence-corrected chi connectivity index (χ3v) is 2.53. The van der Waals surface area contributed by atoms with Crippen LogP contribution in [0.1, 0.15) is 25.1 Å². The van der Waals surface area contributed by atoms with E-state index in [0.717, 1.165) is 11.3 Å². The molecular weight excluding hydrogens is 220 g/mol. The number of amides is 1. The van der Waals surface area contributed by atoms with Crippen LogP contribution in [0.5, 0.6) is 0 Å². The third-order valence-electron chi connectivity index (χ3n) is 2.53. The number of nitrogens with zero attached hydrogens (tertiary/aromatic N) is 1. The van der Waals surface area contributed by atoms with Crippen LogP contribution in [0.4, 0.5) is 0 Å². The van der Waals surface area contributed by atoms with Gasteiger partial charge in [-0.3, -0.25) is 14.6 Å². The molecule has 1 aromatic rings. The van der Waals surface area contributed by atoms with Crippen LogP contribution in [0.25, 0.3) is 0 Å². The van der Waals surface area contributed by atoms with Gasteiger partial charge in [-0.2, -0.15) is 0 Å². The lowest BCUT2D eigenvalue weighted by molar-refractivity contribution is -0.153. The summed E-state index contributed by atoms with van der Waals surface area (Å²) in [5, 5.41) is 11.5. The quantitative estimate of drug-likeness (QED) is 0.768. The molecule has 0 spiro atoms. The molecule has 1 rings (SSSR count). The summed E-state index contributed by atoms with van der Waals surface area (Å²) in [5.74, 6) is -1.65. The highest BCUT2D eigenvalue weighted by atomic mass is 16.4. The fraction of sp³-hybridized carbons (Fsp3) is 0.417. The highest BCUT2D eigenvalue weighted by Gasteiger charge is 2.35. The molecule has 17 heavy (non-hydrogen) atoms. The maximum Gasteiger partial charge on any atom is 0.318 e. The van der Waals surface area contributed by atoms with Crippen LogP contribution in [0, 0.1) is 12.3 Å². The fourth-order valence-corrected chi connectivity index (χ4v) is 1.10. The predicted octanol–water partition coefficient (Wildman–Crippen LogP) is 1.12. The highest BCUT2D eigenvalue weighted by molar-refractivity contribution is 6.00. The van der Waals surface area contributed by atoms with Crippen molar-refractivity contribution in [2.75, 3.05) is 0 Å². The molecule has 5 heteroatoms. The Hall–Kier alpha value is -1.91. The van der Waals surface area contributed by atoms with Gasteiger partial charge in [-0.1, -0.05) is 6.07 Å². The molecule has 2 N–H and O–H groups in total. The Morgan fingerprint density at radius 3 is 2.53 bits per heavy atom. The van der Waals surface area contributed by atoms with E-state index in [0.29, 0.717) is 0 Å². The topological polar surface area (TPSA) is 79.3 Å². The molecule has 1 aromatic heterocycles. The second kappa shape index (κ2) is 4.95. The summed E-state index contributed by atoms with van der Waals surface area (Å²) in [7, 11) is 0. The maximum absolute atomic E-state index is 11.6. The van der Waals surface area contributed by atoms with E-state index in [4.69, 9.17) is 5.11 Å². The number of hydrogen-bond donors (Lipinski definition) is 2. The Bertz CT molecular complexity index is 424. The molecule has 1 amide bonds. The monoisotopic (exact) mass is 236 g/mol. The number of nitrogens with one attached hydrogen (secondary N) is 1. The minimum atomic E-state index is -1.42. The first-order valence-electron chi connectivity index (χ1n) is 5.27. The summed E-state index contributed by atoms with van der Waals surface area (Å²) >= 11 is 0. The standard InChI is InChI=1S/C12H16N2O3/c1-8-4-5-9(6-13-8)7-14-10(15)12(2,3)11(16)17/h4-6H,7H2,1-3H3,(H,14,15)(H,16,17). The smallest absolute Gasteiger partial charge is 0.318 e. The molecule has 0 unspecified atom stereocenters. The number of carboxylic acid groups (broad SMARTS) is 1. The van der Waals surface area contributed by atoms with Crippen LogP contribution in [0.3, 0.4) is 0 Å². The van der Waals surface area contributed by atoms with Crippen LogP contribution >= 0.6 is 0 Å². The first-order valence-corrected chi connectivity index (χ1v) is 5.27. The van der Waals surface area contributed by atoms with Gasteiger partial charge < -0.3 is 10.4 Å². The molecule has 0 aromatic carbocycles. The Balaban J connectivity index is 2.60. The lowest BCUT2D eigenvalue weighted by atomic mass is 9.92. The van der Waals surface area contributed by atoms with Gasteiger partial charge in [-0.05, 0) is 32.4 Å². The average molecular weight is 236 g/mol. The number of carboxylic acids is 1. The van der Waals surface area contributed by atoms with Gasteiger partial charge in [-0.15, -0.1) is 0 Å². The summed E-state index contributed by atoms with van der Waals surface area (Å²) in [6.45, 7) is 4.90. The number of aromatic nitrogens is 1. The van der Waals surface area contributed by atoms with Gasteiger partial charge in [0.2, 0.25) is 5.91 Å². The molecule has 5 nitrogen and oxygen atoms in total. The summed E-state index contributed by atoms with van der Waals surface area (Å²) in [6, 6.07) is 3.68. The van der Waals surface area contributed by atoms with Crippen LogP contribution in [0.2, 0.25) is 0 Å². The van der Waals surface area contributed by atoms with Crippen LogP contribution in [-0.2, 0) is 16.1 Å². The molecule has 0 aliphatic carbocycles. The lowest BCUT2D eigenvalue weighted by Crippen LogP contribution is -2.41. The largest absolute Gasteiger partial charge is 0.480 e. The minimum Gasteiger partial charge on any atom is -0.480 e. The van der Waals surface area contributed by atoms with E-state index in [1.54, 1.807) is 6.20 Å². The van der Waals surface area contributed by atoms with Crippen molar-refractivity contribution in [1.82, 2.24) is 10.3 Å². The van der Waals surface area contributed by atoms with Crippen molar-refractivity contribution in [3.8, 4) is 0 Å². The zero-order valence-electron chi connectivity index (χ0n) is 10.2. The Morgan fingerprint density at radius 2 is 2.06 bits per heavy atom. The number of carbonyl (C=O) groups is 2. The maximum atomic E-state index is 11.6. The van der Waals surface area contributed by atoms with Gasteiger partial charge in [0.1, 0.15) is 5.41 Å². The SMILES string of the molecule is Cc1ccc(CNC(=O)C(C)(C)C(=O)O)cn1. The number of rotatable bonds is 4. The normalized spacial score (nSPS) is 11.0. The van der Waals surface area contributed by atoms with Crippen LogP contribution < -0.4 is 5.32 Å². The van der Waals surface area contributed by atoms with Gasteiger partial charge in [0.25, 0.3) is 0 Å². The zero-order valence-corrected chi connectivity index (χ0v) is 10.2. The number of carbonyl (C=O) groups excluding carboxylic acids is 1. The van der Waals surface area contributed by atoms with Crippen LogP contribution in [0.15, 0.2) is 18.3 Å². The molecule has 0 atom stereocenters. The summed E-state index contributed by atoms with van der Waals surface area (Å²) in [5.41, 5.74) is 0.314. The molecule has 0 saturated heterocycles. The average Bonchev–Trinajstić information content (AvgIpc) is 2.27. The molecule has 1 heterocycles. The predicted molar refractivity (Wildman–Crippen MR) is 62.2 cm³/mol. The Labute approximate surface area is 99.9 Å². The van der Waals surface area contributed by atoms with Crippen molar-refractivity contribution < 1.29 is 14.7 Å². The first kappa shape index (κ1) is 13.2. The summed E-state index contributed by atoms with van der Waals surface area (Å²) < 4.78 is 0. The van der Waals surface area contributed by atoms with E-state index in [1.165, 1.54) is 13.8 Å². The van der Waals surface area contributed by atoms with Crippen molar-refractivity contribution in [1.29, 1.82) is 0 Å². The molecule has 0 radical (unpaired) electrons. The molecule has 0 aliphatic heterocycles. The third kappa shape index (κ3) is 3.27. The second-order valence-corrected chi connectivity index (χ2v) is 4.42.